The highest BCUT2D eigenvalue weighted by molar-refractivity contribution is 6.12. The van der Waals surface area contributed by atoms with Gasteiger partial charge in [0.15, 0.2) is 0 Å². The minimum atomic E-state index is -0.500. The van der Waals surface area contributed by atoms with Gasteiger partial charge in [-0.05, 0) is 56.8 Å². The smallest absolute Gasteiger partial charge is 0.258 e. The van der Waals surface area contributed by atoms with E-state index in [1.54, 1.807) is 41.1 Å². The molecule has 0 aliphatic carbocycles. The van der Waals surface area contributed by atoms with Crippen LogP contribution in [-0.4, -0.2) is 49.8 Å². The zero-order valence-electron chi connectivity index (χ0n) is 21.2. The molecule has 3 aromatic rings. The van der Waals surface area contributed by atoms with Crippen molar-refractivity contribution >= 4 is 29.1 Å². The molecule has 1 aliphatic rings. The molecular formula is C29H32N4O3. The fourth-order valence-corrected chi connectivity index (χ4v) is 4.44. The lowest BCUT2D eigenvalue weighted by molar-refractivity contribution is -0.116. The van der Waals surface area contributed by atoms with Gasteiger partial charge in [0.2, 0.25) is 5.91 Å². The van der Waals surface area contributed by atoms with Crippen LogP contribution in [0.25, 0.3) is 0 Å². The van der Waals surface area contributed by atoms with E-state index in [0.29, 0.717) is 35.6 Å². The largest absolute Gasteiger partial charge is 0.340 e. The third-order valence-electron chi connectivity index (χ3n) is 6.46. The van der Waals surface area contributed by atoms with Crippen LogP contribution in [0.3, 0.4) is 0 Å². The summed E-state index contributed by atoms with van der Waals surface area (Å²) in [5, 5.41) is 5.98. The van der Waals surface area contributed by atoms with Crippen molar-refractivity contribution in [2.75, 3.05) is 37.4 Å². The summed E-state index contributed by atoms with van der Waals surface area (Å²) in [6.07, 6.45) is 0.0979. The molecule has 0 spiro atoms. The number of nitrogens with one attached hydrogen (secondary N) is 2. The average Bonchev–Trinajstić information content (AvgIpc) is 3.01. The topological polar surface area (TPSA) is 81.8 Å². The Morgan fingerprint density at radius 1 is 1.00 bits per heavy atom. The van der Waals surface area contributed by atoms with Crippen LogP contribution >= 0.6 is 0 Å². The highest BCUT2D eigenvalue weighted by Crippen LogP contribution is 2.40. The molecule has 0 saturated heterocycles. The summed E-state index contributed by atoms with van der Waals surface area (Å²) in [7, 11) is 3.57. The lowest BCUT2D eigenvalue weighted by Crippen LogP contribution is -2.35. The summed E-state index contributed by atoms with van der Waals surface area (Å²) in [6.45, 7) is 5.16. The SMILES string of the molecule is CNCCN(C)C(=O)c1ccc2c(c1)NC(=O)CC(c1ccc(C)cc1)N2C(=O)c1cccc(C)c1. The highest BCUT2D eigenvalue weighted by atomic mass is 16.2. The van der Waals surface area contributed by atoms with E-state index in [9.17, 15) is 14.4 Å². The molecule has 1 unspecified atom stereocenters. The van der Waals surface area contributed by atoms with Crippen molar-refractivity contribution in [1.82, 2.24) is 10.2 Å². The summed E-state index contributed by atoms with van der Waals surface area (Å²) in [5.41, 5.74) is 4.94. The van der Waals surface area contributed by atoms with Crippen LogP contribution in [0.2, 0.25) is 0 Å². The highest BCUT2D eigenvalue weighted by Gasteiger charge is 2.34. The van der Waals surface area contributed by atoms with Crippen molar-refractivity contribution < 1.29 is 14.4 Å². The minimum Gasteiger partial charge on any atom is -0.340 e. The molecule has 7 heteroatoms. The molecule has 36 heavy (non-hydrogen) atoms. The number of hydrogen-bond acceptors (Lipinski definition) is 4. The van der Waals surface area contributed by atoms with E-state index < -0.39 is 6.04 Å². The summed E-state index contributed by atoms with van der Waals surface area (Å²) < 4.78 is 0. The van der Waals surface area contributed by atoms with Crippen LogP contribution in [0.1, 0.15) is 49.9 Å². The molecule has 3 amide bonds. The van der Waals surface area contributed by atoms with Gasteiger partial charge in [-0.1, -0.05) is 47.5 Å². The van der Waals surface area contributed by atoms with Gasteiger partial charge in [0.25, 0.3) is 11.8 Å². The fraction of sp³-hybridized carbons (Fsp3) is 0.276. The maximum atomic E-state index is 14.0. The number of carbonyl (C=O) groups excluding carboxylic acids is 3. The number of nitrogens with zero attached hydrogens (tertiary/aromatic N) is 2. The van der Waals surface area contributed by atoms with Crippen molar-refractivity contribution in [1.29, 1.82) is 0 Å². The fourth-order valence-electron chi connectivity index (χ4n) is 4.44. The second-order valence-electron chi connectivity index (χ2n) is 9.29. The first-order valence-electron chi connectivity index (χ1n) is 12.1. The van der Waals surface area contributed by atoms with E-state index in [1.165, 1.54) is 0 Å². The van der Waals surface area contributed by atoms with Gasteiger partial charge >= 0.3 is 0 Å². The zero-order chi connectivity index (χ0) is 25.8. The normalized spacial score (nSPS) is 15.1. The van der Waals surface area contributed by atoms with Gasteiger partial charge in [0.1, 0.15) is 0 Å². The molecule has 4 rings (SSSR count). The van der Waals surface area contributed by atoms with Crippen LogP contribution in [0.4, 0.5) is 11.4 Å². The molecule has 1 atom stereocenters. The third-order valence-corrected chi connectivity index (χ3v) is 6.46. The average molecular weight is 485 g/mol. The molecule has 1 aliphatic heterocycles. The van der Waals surface area contributed by atoms with Crippen LogP contribution in [0, 0.1) is 13.8 Å². The van der Waals surface area contributed by atoms with Crippen LogP contribution in [-0.2, 0) is 4.79 Å². The van der Waals surface area contributed by atoms with Gasteiger partial charge in [-0.3, -0.25) is 19.3 Å². The Morgan fingerprint density at radius 2 is 1.75 bits per heavy atom. The number of anilines is 2. The number of likely N-dealkylation sites (N-methyl/N-ethyl adjacent to an activating group) is 2. The predicted molar refractivity (Wildman–Crippen MR) is 142 cm³/mol. The lowest BCUT2D eigenvalue weighted by atomic mass is 9.98. The number of benzene rings is 3. The van der Waals surface area contributed by atoms with Crippen molar-refractivity contribution in [2.24, 2.45) is 0 Å². The van der Waals surface area contributed by atoms with Gasteiger partial charge in [0.05, 0.1) is 23.8 Å². The summed E-state index contributed by atoms with van der Waals surface area (Å²) in [6, 6.07) is 20.0. The van der Waals surface area contributed by atoms with Crippen LogP contribution in [0.15, 0.2) is 66.7 Å². The van der Waals surface area contributed by atoms with E-state index in [0.717, 1.165) is 16.7 Å². The van der Waals surface area contributed by atoms with Crippen molar-refractivity contribution in [3.05, 3.63) is 94.5 Å². The maximum absolute atomic E-state index is 14.0. The van der Waals surface area contributed by atoms with Crippen molar-refractivity contribution in [2.45, 2.75) is 26.3 Å². The molecule has 2 N–H and O–H groups in total. The number of rotatable bonds is 6. The quantitative estimate of drug-likeness (QED) is 0.546. The van der Waals surface area contributed by atoms with Crippen LogP contribution in [0.5, 0.6) is 0 Å². The van der Waals surface area contributed by atoms with Gasteiger partial charge in [-0.2, -0.15) is 0 Å². The molecule has 0 fully saturated rings. The molecule has 0 bridgehead atoms. The monoisotopic (exact) mass is 484 g/mol. The third kappa shape index (κ3) is 5.31. The van der Waals surface area contributed by atoms with E-state index >= 15 is 0 Å². The second-order valence-corrected chi connectivity index (χ2v) is 9.29. The summed E-state index contributed by atoms with van der Waals surface area (Å²) in [5.74, 6) is -0.570. The van der Waals surface area contributed by atoms with Crippen LogP contribution < -0.4 is 15.5 Å². The molecule has 7 nitrogen and oxygen atoms in total. The first-order valence-corrected chi connectivity index (χ1v) is 12.1. The Kier molecular flexibility index (Phi) is 7.50. The number of fused-ring (bicyclic) bond motifs is 1. The Balaban J connectivity index is 1.82. The molecule has 186 valence electrons. The second kappa shape index (κ2) is 10.7. The Bertz CT molecular complexity index is 1290. The van der Waals surface area contributed by atoms with E-state index in [1.807, 2.05) is 63.4 Å². The van der Waals surface area contributed by atoms with Crippen molar-refractivity contribution in [3.8, 4) is 0 Å². The number of aryl methyl sites for hydroxylation is 2. The number of hydrogen-bond donors (Lipinski definition) is 2. The molecule has 0 radical (unpaired) electrons. The molecular weight excluding hydrogens is 452 g/mol. The Hall–Kier alpha value is -3.97. The zero-order valence-corrected chi connectivity index (χ0v) is 21.2. The van der Waals surface area contributed by atoms with Gasteiger partial charge in [-0.15, -0.1) is 0 Å². The molecule has 0 saturated carbocycles. The van der Waals surface area contributed by atoms with Crippen molar-refractivity contribution in [3.63, 3.8) is 0 Å². The van der Waals surface area contributed by atoms with Gasteiger partial charge in [0, 0.05) is 31.3 Å². The van der Waals surface area contributed by atoms with E-state index in [-0.39, 0.29) is 24.1 Å². The van der Waals surface area contributed by atoms with E-state index in [2.05, 4.69) is 10.6 Å². The van der Waals surface area contributed by atoms with E-state index in [4.69, 9.17) is 0 Å². The first kappa shape index (κ1) is 25.1. The summed E-state index contributed by atoms with van der Waals surface area (Å²) >= 11 is 0. The molecule has 3 aromatic carbocycles. The maximum Gasteiger partial charge on any atom is 0.258 e. The molecule has 1 heterocycles. The molecule has 0 aromatic heterocycles. The minimum absolute atomic E-state index is 0.0979. The standard InChI is InChI=1S/C29H32N4O3/c1-19-8-10-21(11-9-19)26-18-27(34)31-24-17-23(28(35)32(4)15-14-30-3)12-13-25(24)33(26)29(36)22-7-5-6-20(2)16-22/h5-13,16-17,26,30H,14-15,18H2,1-4H3,(H,31,34). The Morgan fingerprint density at radius 3 is 2.44 bits per heavy atom. The Labute approximate surface area is 212 Å². The lowest BCUT2D eigenvalue weighted by Gasteiger charge is -2.31. The number of carbonyl (C=O) groups is 3. The summed E-state index contributed by atoms with van der Waals surface area (Å²) in [4.78, 5) is 43.3. The number of amides is 3. The van der Waals surface area contributed by atoms with Gasteiger partial charge < -0.3 is 15.5 Å². The first-order chi connectivity index (χ1) is 17.3. The van der Waals surface area contributed by atoms with Gasteiger partial charge in [-0.25, -0.2) is 0 Å². The predicted octanol–water partition coefficient (Wildman–Crippen LogP) is 4.33.